The fourth-order valence-corrected chi connectivity index (χ4v) is 1.99. The summed E-state index contributed by atoms with van der Waals surface area (Å²) in [5.74, 6) is -0.0174. The van der Waals surface area contributed by atoms with Crippen molar-refractivity contribution in [3.63, 3.8) is 0 Å². The highest BCUT2D eigenvalue weighted by Crippen LogP contribution is 2.30. The molecule has 1 aromatic carbocycles. The number of carboxylic acids is 1. The van der Waals surface area contributed by atoms with Gasteiger partial charge in [-0.2, -0.15) is 0 Å². The molecule has 2 rings (SSSR count). The van der Waals surface area contributed by atoms with Crippen LogP contribution in [-0.2, 0) is 0 Å². The number of nitrogens with one attached hydrogen (secondary N) is 1. The average Bonchev–Trinajstić information content (AvgIpc) is 2.42. The molecule has 0 saturated heterocycles. The number of aromatic nitrogens is 1. The number of hydrogen-bond donors (Lipinski definition) is 3. The topological polar surface area (TPSA) is 97.5 Å². The van der Waals surface area contributed by atoms with Crippen molar-refractivity contribution < 1.29 is 14.6 Å². The number of nitrogens with zero attached hydrogens (tertiary/aromatic N) is 1. The number of nitrogen functional groups attached to an aromatic ring is 1. The molecule has 0 bridgehead atoms. The number of aromatic carboxylic acids is 1. The van der Waals surface area contributed by atoms with Crippen LogP contribution in [0, 0.1) is 0 Å². The van der Waals surface area contributed by atoms with Crippen molar-refractivity contribution in [3.05, 3.63) is 40.5 Å². The predicted molar refractivity (Wildman–Crippen MR) is 79.6 cm³/mol. The van der Waals surface area contributed by atoms with Gasteiger partial charge in [-0.1, -0.05) is 0 Å². The van der Waals surface area contributed by atoms with E-state index in [1.54, 1.807) is 13.2 Å². The highest BCUT2D eigenvalue weighted by atomic mass is 79.9. The molecule has 2 aromatic rings. The van der Waals surface area contributed by atoms with Crippen LogP contribution in [-0.4, -0.2) is 23.2 Å². The van der Waals surface area contributed by atoms with Gasteiger partial charge in [0, 0.05) is 18.0 Å². The summed E-state index contributed by atoms with van der Waals surface area (Å²) in [6.45, 7) is 0. The van der Waals surface area contributed by atoms with Gasteiger partial charge in [0.2, 0.25) is 0 Å². The summed E-state index contributed by atoms with van der Waals surface area (Å²) in [5, 5.41) is 11.9. The van der Waals surface area contributed by atoms with Crippen LogP contribution < -0.4 is 15.8 Å². The van der Waals surface area contributed by atoms with Gasteiger partial charge in [0.15, 0.2) is 5.82 Å². The van der Waals surface area contributed by atoms with Crippen LogP contribution in [0.3, 0.4) is 0 Å². The minimum absolute atomic E-state index is 0.0430. The van der Waals surface area contributed by atoms with Crippen LogP contribution in [0.15, 0.2) is 34.9 Å². The summed E-state index contributed by atoms with van der Waals surface area (Å²) in [4.78, 5) is 14.8. The van der Waals surface area contributed by atoms with E-state index in [9.17, 15) is 4.79 Å². The van der Waals surface area contributed by atoms with E-state index in [1.807, 2.05) is 12.1 Å². The Morgan fingerprint density at radius 3 is 2.80 bits per heavy atom. The van der Waals surface area contributed by atoms with Crippen LogP contribution >= 0.6 is 15.9 Å². The van der Waals surface area contributed by atoms with Gasteiger partial charge in [0.25, 0.3) is 0 Å². The molecule has 6 nitrogen and oxygen atoms in total. The summed E-state index contributed by atoms with van der Waals surface area (Å²) < 4.78 is 6.01. The SMILES string of the molecule is COc1cc(Nc2ncc(C(=O)O)cc2N)ccc1Br. The van der Waals surface area contributed by atoms with Crippen LogP contribution in [0.1, 0.15) is 10.4 Å². The first kappa shape index (κ1) is 14.1. The monoisotopic (exact) mass is 337 g/mol. The molecule has 4 N–H and O–H groups in total. The number of carbonyl (C=O) groups is 1. The lowest BCUT2D eigenvalue weighted by molar-refractivity contribution is 0.0696. The zero-order valence-electron chi connectivity index (χ0n) is 10.6. The number of halogens is 1. The lowest BCUT2D eigenvalue weighted by atomic mass is 10.2. The number of hydrogen-bond acceptors (Lipinski definition) is 5. The second kappa shape index (κ2) is 5.79. The Morgan fingerprint density at radius 1 is 1.45 bits per heavy atom. The highest BCUT2D eigenvalue weighted by molar-refractivity contribution is 9.10. The molecule has 0 aliphatic carbocycles. The summed E-state index contributed by atoms with van der Waals surface area (Å²) in [7, 11) is 1.57. The van der Waals surface area contributed by atoms with E-state index in [0.29, 0.717) is 11.6 Å². The van der Waals surface area contributed by atoms with Gasteiger partial charge in [-0.15, -0.1) is 0 Å². The quantitative estimate of drug-likeness (QED) is 0.793. The molecule has 0 saturated carbocycles. The summed E-state index contributed by atoms with van der Waals surface area (Å²) >= 11 is 3.36. The minimum atomic E-state index is -1.07. The molecular formula is C13H12BrN3O3. The molecule has 0 aliphatic rings. The Balaban J connectivity index is 2.28. The van der Waals surface area contributed by atoms with E-state index in [4.69, 9.17) is 15.6 Å². The van der Waals surface area contributed by atoms with Gasteiger partial charge in [-0.3, -0.25) is 0 Å². The molecule has 0 spiro atoms. The first-order valence-corrected chi connectivity index (χ1v) is 6.40. The number of pyridine rings is 1. The van der Waals surface area contributed by atoms with Gasteiger partial charge in [-0.05, 0) is 34.1 Å². The molecule has 7 heteroatoms. The Kier molecular flexibility index (Phi) is 4.09. The standard InChI is InChI=1S/C13H12BrN3O3/c1-20-11-5-8(2-3-9(11)14)17-12-10(15)4-7(6-16-12)13(18)19/h2-6H,15H2,1H3,(H,16,17)(H,18,19). The molecule has 0 fully saturated rings. The van der Waals surface area contributed by atoms with E-state index in [-0.39, 0.29) is 11.3 Å². The molecule has 0 amide bonds. The molecule has 0 atom stereocenters. The molecule has 0 aliphatic heterocycles. The molecule has 0 radical (unpaired) electrons. The number of nitrogens with two attached hydrogens (primary N) is 1. The number of carboxylic acid groups (broad SMARTS) is 1. The molecule has 20 heavy (non-hydrogen) atoms. The lowest BCUT2D eigenvalue weighted by Crippen LogP contribution is -2.04. The fraction of sp³-hybridized carbons (Fsp3) is 0.0769. The number of anilines is 3. The maximum absolute atomic E-state index is 10.8. The summed E-state index contributed by atoms with van der Waals surface area (Å²) in [5.41, 5.74) is 6.81. The maximum Gasteiger partial charge on any atom is 0.337 e. The molecule has 0 unspecified atom stereocenters. The van der Waals surface area contributed by atoms with E-state index in [2.05, 4.69) is 26.2 Å². The van der Waals surface area contributed by atoms with E-state index < -0.39 is 5.97 Å². The van der Waals surface area contributed by atoms with Crippen molar-refractivity contribution in [1.82, 2.24) is 4.98 Å². The zero-order valence-corrected chi connectivity index (χ0v) is 12.1. The maximum atomic E-state index is 10.8. The molecule has 104 valence electrons. The second-order valence-electron chi connectivity index (χ2n) is 3.94. The van der Waals surface area contributed by atoms with E-state index >= 15 is 0 Å². The van der Waals surface area contributed by atoms with Crippen molar-refractivity contribution >= 4 is 39.1 Å². The minimum Gasteiger partial charge on any atom is -0.495 e. The van der Waals surface area contributed by atoms with Crippen molar-refractivity contribution in [2.45, 2.75) is 0 Å². The third-order valence-electron chi connectivity index (χ3n) is 2.58. The first-order chi connectivity index (χ1) is 9.51. The Hall–Kier alpha value is -2.28. The summed E-state index contributed by atoms with van der Waals surface area (Å²) in [6, 6.07) is 6.77. The predicted octanol–water partition coefficient (Wildman–Crippen LogP) is 2.88. The number of rotatable bonds is 4. The fourth-order valence-electron chi connectivity index (χ4n) is 1.58. The molecule has 1 aromatic heterocycles. The molecular weight excluding hydrogens is 326 g/mol. The Bertz CT molecular complexity index is 661. The lowest BCUT2D eigenvalue weighted by Gasteiger charge is -2.11. The van der Waals surface area contributed by atoms with Gasteiger partial charge < -0.3 is 20.9 Å². The van der Waals surface area contributed by atoms with Gasteiger partial charge in [0.05, 0.1) is 22.8 Å². The molecule has 1 heterocycles. The average molecular weight is 338 g/mol. The normalized spacial score (nSPS) is 10.1. The van der Waals surface area contributed by atoms with Crippen LogP contribution in [0.5, 0.6) is 5.75 Å². The number of ether oxygens (including phenoxy) is 1. The third-order valence-corrected chi connectivity index (χ3v) is 3.23. The van der Waals surface area contributed by atoms with E-state index in [1.165, 1.54) is 12.3 Å². The Labute approximate surface area is 123 Å². The van der Waals surface area contributed by atoms with Crippen molar-refractivity contribution in [1.29, 1.82) is 0 Å². The smallest absolute Gasteiger partial charge is 0.337 e. The highest BCUT2D eigenvalue weighted by Gasteiger charge is 2.09. The van der Waals surface area contributed by atoms with Crippen molar-refractivity contribution in [3.8, 4) is 5.75 Å². The zero-order chi connectivity index (χ0) is 14.7. The van der Waals surface area contributed by atoms with Gasteiger partial charge in [0.1, 0.15) is 5.75 Å². The van der Waals surface area contributed by atoms with Gasteiger partial charge >= 0.3 is 5.97 Å². The summed E-state index contributed by atoms with van der Waals surface area (Å²) in [6.07, 6.45) is 1.25. The van der Waals surface area contributed by atoms with Crippen LogP contribution in [0.4, 0.5) is 17.2 Å². The number of benzene rings is 1. The van der Waals surface area contributed by atoms with Crippen LogP contribution in [0.2, 0.25) is 0 Å². The second-order valence-corrected chi connectivity index (χ2v) is 4.80. The third kappa shape index (κ3) is 3.00. The van der Waals surface area contributed by atoms with Gasteiger partial charge in [-0.25, -0.2) is 9.78 Å². The van der Waals surface area contributed by atoms with Crippen molar-refractivity contribution in [2.75, 3.05) is 18.2 Å². The number of methoxy groups -OCH3 is 1. The first-order valence-electron chi connectivity index (χ1n) is 5.60. The van der Waals surface area contributed by atoms with Crippen LogP contribution in [0.25, 0.3) is 0 Å². The van der Waals surface area contributed by atoms with Crippen molar-refractivity contribution in [2.24, 2.45) is 0 Å². The Morgan fingerprint density at radius 2 is 2.20 bits per heavy atom. The van der Waals surface area contributed by atoms with E-state index in [0.717, 1.165) is 10.2 Å². The largest absolute Gasteiger partial charge is 0.495 e.